The number of benzene rings is 1. The first-order valence-electron chi connectivity index (χ1n) is 8.21. The fourth-order valence-corrected chi connectivity index (χ4v) is 2.93. The molecule has 0 unspecified atom stereocenters. The Balaban J connectivity index is 2.01. The van der Waals surface area contributed by atoms with E-state index in [1.165, 1.54) is 24.0 Å². The molecule has 0 atom stereocenters. The van der Waals surface area contributed by atoms with Gasteiger partial charge < -0.3 is 9.84 Å². The molecule has 1 aromatic carbocycles. The molecule has 0 aliphatic rings. The first kappa shape index (κ1) is 21.1. The highest BCUT2D eigenvalue weighted by molar-refractivity contribution is 7.99. The summed E-state index contributed by atoms with van der Waals surface area (Å²) in [5, 5.41) is 25.2. The third-order valence-corrected chi connectivity index (χ3v) is 4.12. The lowest BCUT2D eigenvalue weighted by Gasteiger charge is -2.07. The molecular formula is C17H19N5O5S. The van der Waals surface area contributed by atoms with E-state index in [0.717, 1.165) is 17.5 Å². The highest BCUT2D eigenvalue weighted by Crippen LogP contribution is 2.36. The van der Waals surface area contributed by atoms with E-state index >= 15 is 0 Å². The number of amides is 1. The number of nitro groups is 1. The monoisotopic (exact) mass is 405 g/mol. The van der Waals surface area contributed by atoms with Gasteiger partial charge in [0.15, 0.2) is 10.9 Å². The zero-order valence-corrected chi connectivity index (χ0v) is 16.3. The van der Waals surface area contributed by atoms with Crippen molar-refractivity contribution in [3.05, 3.63) is 45.3 Å². The highest BCUT2D eigenvalue weighted by atomic mass is 32.2. The van der Waals surface area contributed by atoms with Gasteiger partial charge in [-0.1, -0.05) is 11.8 Å². The number of carbonyl (C=O) groups is 1. The first-order valence-corrected chi connectivity index (χ1v) is 9.20. The van der Waals surface area contributed by atoms with E-state index in [1.54, 1.807) is 6.92 Å². The van der Waals surface area contributed by atoms with Gasteiger partial charge in [-0.3, -0.25) is 14.9 Å². The van der Waals surface area contributed by atoms with E-state index < -0.39 is 16.4 Å². The quantitative estimate of drug-likeness (QED) is 0.224. The van der Waals surface area contributed by atoms with Crippen molar-refractivity contribution in [2.24, 2.45) is 5.10 Å². The second kappa shape index (κ2) is 9.65. The van der Waals surface area contributed by atoms with Gasteiger partial charge in [-0.2, -0.15) is 5.10 Å². The van der Waals surface area contributed by atoms with E-state index in [9.17, 15) is 20.0 Å². The Morgan fingerprint density at radius 1 is 1.36 bits per heavy atom. The summed E-state index contributed by atoms with van der Waals surface area (Å²) < 4.78 is 5.18. The molecule has 0 aliphatic heterocycles. The van der Waals surface area contributed by atoms with E-state index in [-0.39, 0.29) is 24.0 Å². The van der Waals surface area contributed by atoms with E-state index in [0.29, 0.717) is 10.7 Å². The molecule has 0 fully saturated rings. The topological polar surface area (TPSA) is 140 Å². The number of rotatable bonds is 8. The Bertz CT molecular complexity index is 899. The number of hydrogen-bond donors (Lipinski definition) is 2. The SMILES string of the molecule is CCOc1cc(/C=N\NC(=O)CSc2nc(C)cc(C)n2)cc([N+](=O)[O-])c1O. The van der Waals surface area contributed by atoms with Crippen molar-refractivity contribution in [1.82, 2.24) is 15.4 Å². The van der Waals surface area contributed by atoms with Gasteiger partial charge in [-0.25, -0.2) is 15.4 Å². The van der Waals surface area contributed by atoms with Gasteiger partial charge in [0, 0.05) is 23.0 Å². The average Bonchev–Trinajstić information content (AvgIpc) is 2.61. The van der Waals surface area contributed by atoms with Crippen molar-refractivity contribution < 1.29 is 19.6 Å². The second-order valence-electron chi connectivity index (χ2n) is 5.59. The van der Waals surface area contributed by atoms with Crippen LogP contribution in [0.2, 0.25) is 0 Å². The number of phenols is 1. The number of thioether (sulfide) groups is 1. The Morgan fingerprint density at radius 3 is 2.64 bits per heavy atom. The van der Waals surface area contributed by atoms with Crippen LogP contribution in [0.3, 0.4) is 0 Å². The molecule has 0 bridgehead atoms. The number of nitrogens with one attached hydrogen (secondary N) is 1. The maximum Gasteiger partial charge on any atom is 0.315 e. The fraction of sp³-hybridized carbons (Fsp3) is 0.294. The van der Waals surface area contributed by atoms with Gasteiger partial charge in [0.05, 0.1) is 23.5 Å². The lowest BCUT2D eigenvalue weighted by Crippen LogP contribution is -2.19. The maximum absolute atomic E-state index is 11.9. The van der Waals surface area contributed by atoms with Gasteiger partial charge in [-0.05, 0) is 32.9 Å². The van der Waals surface area contributed by atoms with Gasteiger partial charge in [-0.15, -0.1) is 0 Å². The predicted molar refractivity (Wildman–Crippen MR) is 104 cm³/mol. The first-order chi connectivity index (χ1) is 13.3. The van der Waals surface area contributed by atoms with Crippen LogP contribution in [0.5, 0.6) is 11.5 Å². The molecule has 10 nitrogen and oxygen atoms in total. The third kappa shape index (κ3) is 5.91. The number of nitrogens with zero attached hydrogens (tertiary/aromatic N) is 4. The zero-order valence-electron chi connectivity index (χ0n) is 15.5. The summed E-state index contributed by atoms with van der Waals surface area (Å²) in [6, 6.07) is 4.35. The number of nitro benzene ring substituents is 1. The molecule has 2 rings (SSSR count). The molecule has 28 heavy (non-hydrogen) atoms. The van der Waals surface area contributed by atoms with Crippen molar-refractivity contribution in [3.8, 4) is 11.5 Å². The molecule has 148 valence electrons. The summed E-state index contributed by atoms with van der Waals surface area (Å²) in [5.74, 6) is -0.924. The number of ether oxygens (including phenoxy) is 1. The van der Waals surface area contributed by atoms with Gasteiger partial charge in [0.2, 0.25) is 5.75 Å². The Kier molecular flexibility index (Phi) is 7.27. The van der Waals surface area contributed by atoms with Gasteiger partial charge >= 0.3 is 5.69 Å². The minimum atomic E-state index is -0.728. The maximum atomic E-state index is 11.9. The lowest BCUT2D eigenvalue weighted by atomic mass is 10.2. The molecule has 0 spiro atoms. The van der Waals surface area contributed by atoms with Crippen LogP contribution in [0.4, 0.5) is 5.69 Å². The molecule has 0 saturated heterocycles. The smallest absolute Gasteiger partial charge is 0.315 e. The Morgan fingerprint density at radius 2 is 2.04 bits per heavy atom. The minimum Gasteiger partial charge on any atom is -0.500 e. The van der Waals surface area contributed by atoms with Crippen LogP contribution in [0.1, 0.15) is 23.9 Å². The van der Waals surface area contributed by atoms with Crippen molar-refractivity contribution in [3.63, 3.8) is 0 Å². The number of carbonyl (C=O) groups excluding carboxylic acids is 1. The van der Waals surface area contributed by atoms with Crippen molar-refractivity contribution in [2.45, 2.75) is 25.9 Å². The molecule has 0 saturated carbocycles. The largest absolute Gasteiger partial charge is 0.500 e. The van der Waals surface area contributed by atoms with Crippen LogP contribution in [-0.4, -0.2) is 44.5 Å². The molecule has 1 amide bonds. The summed E-state index contributed by atoms with van der Waals surface area (Å²) >= 11 is 1.17. The molecule has 0 radical (unpaired) electrons. The van der Waals surface area contributed by atoms with E-state index in [2.05, 4.69) is 20.5 Å². The lowest BCUT2D eigenvalue weighted by molar-refractivity contribution is -0.386. The van der Waals surface area contributed by atoms with Crippen LogP contribution in [0, 0.1) is 24.0 Å². The van der Waals surface area contributed by atoms with Crippen molar-refractivity contribution in [2.75, 3.05) is 12.4 Å². The van der Waals surface area contributed by atoms with E-state index in [1.807, 2.05) is 19.9 Å². The number of aromatic hydroxyl groups is 1. The average molecular weight is 405 g/mol. The third-order valence-electron chi connectivity index (χ3n) is 3.27. The number of aryl methyl sites for hydroxylation is 2. The summed E-state index contributed by atoms with van der Waals surface area (Å²) in [4.78, 5) is 30.7. The van der Waals surface area contributed by atoms with Crippen LogP contribution in [0.25, 0.3) is 0 Å². The molecule has 11 heteroatoms. The number of aromatic nitrogens is 2. The normalized spacial score (nSPS) is 10.8. The van der Waals surface area contributed by atoms with Crippen LogP contribution in [0.15, 0.2) is 28.5 Å². The van der Waals surface area contributed by atoms with Gasteiger partial charge in [0.1, 0.15) is 0 Å². The minimum absolute atomic E-state index is 0.0352. The Labute approximate surface area is 165 Å². The fourth-order valence-electron chi connectivity index (χ4n) is 2.19. The van der Waals surface area contributed by atoms with Crippen molar-refractivity contribution in [1.29, 1.82) is 0 Å². The zero-order chi connectivity index (χ0) is 20.7. The number of phenolic OH excluding ortho intramolecular Hbond substituents is 1. The highest BCUT2D eigenvalue weighted by Gasteiger charge is 2.19. The molecular weight excluding hydrogens is 386 g/mol. The number of hydrazone groups is 1. The van der Waals surface area contributed by atoms with Crippen LogP contribution < -0.4 is 10.2 Å². The molecule has 1 aromatic heterocycles. The number of hydrogen-bond acceptors (Lipinski definition) is 9. The molecule has 2 aromatic rings. The summed E-state index contributed by atoms with van der Waals surface area (Å²) in [7, 11) is 0. The summed E-state index contributed by atoms with van der Waals surface area (Å²) in [6.07, 6.45) is 1.23. The molecule has 1 heterocycles. The second-order valence-corrected chi connectivity index (χ2v) is 6.53. The van der Waals surface area contributed by atoms with Gasteiger partial charge in [0.25, 0.3) is 5.91 Å². The van der Waals surface area contributed by atoms with E-state index in [4.69, 9.17) is 4.74 Å². The summed E-state index contributed by atoms with van der Waals surface area (Å²) in [6.45, 7) is 5.59. The Hall–Kier alpha value is -3.21. The predicted octanol–water partition coefficient (Wildman–Crippen LogP) is 2.35. The van der Waals surface area contributed by atoms with Crippen LogP contribution in [-0.2, 0) is 4.79 Å². The summed E-state index contributed by atoms with van der Waals surface area (Å²) in [5.41, 5.74) is 3.73. The standard InChI is InChI=1S/C17H19N5O5S/c1-4-27-14-7-12(6-13(16(14)24)22(25)26)8-18-21-15(23)9-28-17-19-10(2)5-11(3)20-17/h5-8,24H,4,9H2,1-3H3,(H,21,23)/b18-8-. The van der Waals surface area contributed by atoms with Crippen molar-refractivity contribution >= 4 is 29.6 Å². The van der Waals surface area contributed by atoms with Crippen LogP contribution >= 0.6 is 11.8 Å². The molecule has 2 N–H and O–H groups in total. The molecule has 0 aliphatic carbocycles.